The Morgan fingerprint density at radius 2 is 1.60 bits per heavy atom. The Labute approximate surface area is 184 Å². The van der Waals surface area contributed by atoms with E-state index in [1.165, 1.54) is 24.3 Å². The number of hydrogen-bond acceptors (Lipinski definition) is 5. The Hall–Kier alpha value is -2.64. The van der Waals surface area contributed by atoms with Crippen molar-refractivity contribution in [1.82, 2.24) is 9.80 Å². The van der Waals surface area contributed by atoms with E-state index < -0.39 is 4.92 Å². The molecule has 0 saturated carbocycles. The number of carbonyl (C=O) groups excluding carboxylic acids is 1. The summed E-state index contributed by atoms with van der Waals surface area (Å²) >= 11 is 0. The zero-order valence-electron chi connectivity index (χ0n) is 17.7. The van der Waals surface area contributed by atoms with Crippen LogP contribution in [-0.2, 0) is 6.54 Å². The van der Waals surface area contributed by atoms with Crippen LogP contribution in [0.3, 0.4) is 0 Å². The highest BCUT2D eigenvalue weighted by Crippen LogP contribution is 2.17. The van der Waals surface area contributed by atoms with E-state index in [0.29, 0.717) is 18.7 Å². The second-order valence-corrected chi connectivity index (χ2v) is 6.76. The van der Waals surface area contributed by atoms with Gasteiger partial charge in [0.1, 0.15) is 5.75 Å². The van der Waals surface area contributed by atoms with Gasteiger partial charge < -0.3 is 14.5 Å². The molecule has 2 aromatic rings. The highest BCUT2D eigenvalue weighted by Gasteiger charge is 2.18. The minimum atomic E-state index is -0.465. The Balaban J connectivity index is 0.00000450. The predicted octanol–water partition coefficient (Wildman–Crippen LogP) is 4.40. The minimum Gasteiger partial charge on any atom is -0.497 e. The molecule has 0 aromatic heterocycles. The topological polar surface area (TPSA) is 75.9 Å². The monoisotopic (exact) mass is 435 g/mol. The summed E-state index contributed by atoms with van der Waals surface area (Å²) in [5.74, 6) is 0.638. The summed E-state index contributed by atoms with van der Waals surface area (Å²) in [5.41, 5.74) is 1.43. The number of nitro benzene ring substituents is 1. The molecule has 0 saturated heterocycles. The van der Waals surface area contributed by atoms with Gasteiger partial charge in [-0.25, -0.2) is 0 Å². The van der Waals surface area contributed by atoms with E-state index in [2.05, 4.69) is 18.7 Å². The van der Waals surface area contributed by atoms with Crippen LogP contribution in [0.5, 0.6) is 5.75 Å². The lowest BCUT2D eigenvalue weighted by Crippen LogP contribution is -2.34. The van der Waals surface area contributed by atoms with Gasteiger partial charge >= 0.3 is 0 Å². The number of ether oxygens (including phenoxy) is 1. The van der Waals surface area contributed by atoms with Gasteiger partial charge in [-0.05, 0) is 55.9 Å². The summed E-state index contributed by atoms with van der Waals surface area (Å²) in [4.78, 5) is 27.6. The minimum absolute atomic E-state index is 0. The summed E-state index contributed by atoms with van der Waals surface area (Å²) in [5, 5.41) is 10.9. The lowest BCUT2D eigenvalue weighted by molar-refractivity contribution is -0.384. The van der Waals surface area contributed by atoms with Gasteiger partial charge in [0, 0.05) is 30.8 Å². The molecule has 0 bridgehead atoms. The summed E-state index contributed by atoms with van der Waals surface area (Å²) in [6.45, 7) is 8.20. The second kappa shape index (κ2) is 12.8. The van der Waals surface area contributed by atoms with Crippen LogP contribution >= 0.6 is 12.4 Å². The molecular weight excluding hydrogens is 406 g/mol. The summed E-state index contributed by atoms with van der Waals surface area (Å²) in [6, 6.07) is 13.4. The lowest BCUT2D eigenvalue weighted by atomic mass is 10.1. The average molecular weight is 436 g/mol. The van der Waals surface area contributed by atoms with Gasteiger partial charge in [-0.3, -0.25) is 14.9 Å². The molecule has 0 unspecified atom stereocenters. The number of benzene rings is 2. The smallest absolute Gasteiger partial charge is 0.269 e. The van der Waals surface area contributed by atoms with Gasteiger partial charge in [-0.15, -0.1) is 12.4 Å². The maximum absolute atomic E-state index is 13.1. The van der Waals surface area contributed by atoms with Gasteiger partial charge in [-0.1, -0.05) is 26.0 Å². The fourth-order valence-corrected chi connectivity index (χ4v) is 3.14. The van der Waals surface area contributed by atoms with Crippen LogP contribution in [0, 0.1) is 10.1 Å². The number of rotatable bonds is 11. The number of carbonyl (C=O) groups is 1. The molecule has 30 heavy (non-hydrogen) atoms. The summed E-state index contributed by atoms with van der Waals surface area (Å²) < 4.78 is 5.20. The molecule has 0 atom stereocenters. The first-order valence-corrected chi connectivity index (χ1v) is 9.87. The van der Waals surface area contributed by atoms with Crippen LogP contribution in [0.2, 0.25) is 0 Å². The molecule has 0 aliphatic rings. The Morgan fingerprint density at radius 3 is 2.10 bits per heavy atom. The molecule has 0 spiro atoms. The molecule has 8 heteroatoms. The zero-order valence-corrected chi connectivity index (χ0v) is 18.6. The normalized spacial score (nSPS) is 10.4. The van der Waals surface area contributed by atoms with E-state index >= 15 is 0 Å². The number of nitrogens with zero attached hydrogens (tertiary/aromatic N) is 3. The maximum atomic E-state index is 13.1. The number of methoxy groups -OCH3 is 1. The number of hydrogen-bond donors (Lipinski definition) is 0. The molecule has 0 aliphatic heterocycles. The maximum Gasteiger partial charge on any atom is 0.269 e. The molecule has 7 nitrogen and oxygen atoms in total. The molecule has 2 aromatic carbocycles. The number of halogens is 1. The molecule has 0 N–H and O–H groups in total. The van der Waals surface area contributed by atoms with Crippen molar-refractivity contribution in [2.24, 2.45) is 0 Å². The second-order valence-electron chi connectivity index (χ2n) is 6.76. The molecule has 0 fully saturated rings. The van der Waals surface area contributed by atoms with Crippen molar-refractivity contribution in [3.8, 4) is 5.75 Å². The van der Waals surface area contributed by atoms with Gasteiger partial charge in [0.25, 0.3) is 11.6 Å². The van der Waals surface area contributed by atoms with E-state index in [4.69, 9.17) is 4.74 Å². The molecule has 0 heterocycles. The van der Waals surface area contributed by atoms with Crippen molar-refractivity contribution in [1.29, 1.82) is 0 Å². The van der Waals surface area contributed by atoms with Crippen molar-refractivity contribution >= 4 is 24.0 Å². The van der Waals surface area contributed by atoms with Gasteiger partial charge in [0.05, 0.1) is 12.0 Å². The third-order valence-corrected chi connectivity index (χ3v) is 4.94. The van der Waals surface area contributed by atoms with E-state index in [9.17, 15) is 14.9 Å². The van der Waals surface area contributed by atoms with Crippen molar-refractivity contribution in [3.63, 3.8) is 0 Å². The van der Waals surface area contributed by atoms with Crippen LogP contribution in [0.4, 0.5) is 5.69 Å². The van der Waals surface area contributed by atoms with E-state index in [1.807, 2.05) is 24.3 Å². The van der Waals surface area contributed by atoms with Crippen LogP contribution < -0.4 is 4.74 Å². The zero-order chi connectivity index (χ0) is 21.2. The molecule has 0 aliphatic carbocycles. The first-order chi connectivity index (χ1) is 14.0. The highest BCUT2D eigenvalue weighted by atomic mass is 35.5. The Morgan fingerprint density at radius 1 is 1.00 bits per heavy atom. The number of non-ortho nitro benzene ring substituents is 1. The Bertz CT molecular complexity index is 793. The van der Waals surface area contributed by atoms with Crippen molar-refractivity contribution in [2.75, 3.05) is 33.3 Å². The molecule has 0 radical (unpaired) electrons. The van der Waals surface area contributed by atoms with Crippen molar-refractivity contribution < 1.29 is 14.5 Å². The molecule has 2 rings (SSSR count). The van der Waals surface area contributed by atoms with E-state index in [1.54, 1.807) is 12.0 Å². The number of nitro groups is 1. The SMILES string of the molecule is CCN(CC)CCCN(Cc1ccc(OC)cc1)C(=O)c1ccc([N+](=O)[O-])cc1.Cl. The van der Waals surface area contributed by atoms with Gasteiger partial charge in [0.2, 0.25) is 0 Å². The van der Waals surface area contributed by atoms with Crippen LogP contribution in [0.25, 0.3) is 0 Å². The fourth-order valence-electron chi connectivity index (χ4n) is 3.14. The van der Waals surface area contributed by atoms with Crippen LogP contribution in [0.1, 0.15) is 36.2 Å². The highest BCUT2D eigenvalue weighted by molar-refractivity contribution is 5.94. The van der Waals surface area contributed by atoms with Crippen LogP contribution in [0.15, 0.2) is 48.5 Å². The first-order valence-electron chi connectivity index (χ1n) is 9.87. The van der Waals surface area contributed by atoms with Crippen molar-refractivity contribution in [3.05, 3.63) is 69.8 Å². The summed E-state index contributed by atoms with van der Waals surface area (Å²) in [7, 11) is 1.62. The quantitative estimate of drug-likeness (QED) is 0.386. The van der Waals surface area contributed by atoms with Gasteiger partial charge in [0.15, 0.2) is 0 Å². The molecular formula is C22H30ClN3O4. The standard InChI is InChI=1S/C22H29N3O4.ClH/c1-4-23(5-2)15-6-16-24(17-18-7-13-21(29-3)14-8-18)22(26)19-9-11-20(12-10-19)25(27)28;/h7-14H,4-6,15-17H2,1-3H3;1H. The average Bonchev–Trinajstić information content (AvgIpc) is 2.76. The van der Waals surface area contributed by atoms with Crippen molar-refractivity contribution in [2.45, 2.75) is 26.8 Å². The predicted molar refractivity (Wildman–Crippen MR) is 120 cm³/mol. The molecule has 1 amide bonds. The lowest BCUT2D eigenvalue weighted by Gasteiger charge is -2.25. The van der Waals surface area contributed by atoms with Gasteiger partial charge in [-0.2, -0.15) is 0 Å². The Kier molecular flexibility index (Phi) is 10.9. The third kappa shape index (κ3) is 7.31. The largest absolute Gasteiger partial charge is 0.497 e. The number of amides is 1. The third-order valence-electron chi connectivity index (χ3n) is 4.94. The van der Waals surface area contributed by atoms with E-state index in [0.717, 1.165) is 37.4 Å². The fraction of sp³-hybridized carbons (Fsp3) is 0.409. The van der Waals surface area contributed by atoms with Crippen LogP contribution in [-0.4, -0.2) is 53.9 Å². The molecule has 164 valence electrons. The summed E-state index contributed by atoms with van der Waals surface area (Å²) in [6.07, 6.45) is 0.858. The first kappa shape index (κ1) is 25.4. The van der Waals surface area contributed by atoms with E-state index in [-0.39, 0.29) is 24.0 Å².